The molecular weight excluding hydrogens is 212 g/mol. The predicted molar refractivity (Wildman–Crippen MR) is 72.2 cm³/mol. The Hall–Kier alpha value is -0.900. The van der Waals surface area contributed by atoms with Crippen LogP contribution in [0.15, 0.2) is 18.2 Å². The summed E-state index contributed by atoms with van der Waals surface area (Å²) in [6.07, 6.45) is 0.203. The van der Waals surface area contributed by atoms with Gasteiger partial charge in [0.2, 0.25) is 0 Å². The minimum Gasteiger partial charge on any atom is -0.380 e. The van der Waals surface area contributed by atoms with Crippen molar-refractivity contribution in [3.8, 4) is 0 Å². The summed E-state index contributed by atoms with van der Waals surface area (Å²) >= 11 is 0. The van der Waals surface area contributed by atoms with Crippen molar-refractivity contribution in [2.24, 2.45) is 5.73 Å². The topological polar surface area (TPSA) is 47.3 Å². The maximum Gasteiger partial charge on any atom is 0.0667 e. The molecule has 0 spiro atoms. The summed E-state index contributed by atoms with van der Waals surface area (Å²) in [6, 6.07) is 6.56. The molecule has 1 aromatic rings. The van der Waals surface area contributed by atoms with E-state index in [1.54, 1.807) is 7.11 Å². The van der Waals surface area contributed by atoms with Gasteiger partial charge in [-0.05, 0) is 37.5 Å². The largest absolute Gasteiger partial charge is 0.380 e. The second kappa shape index (κ2) is 6.74. The van der Waals surface area contributed by atoms with Crippen molar-refractivity contribution in [1.82, 2.24) is 5.32 Å². The molecule has 0 heterocycles. The van der Waals surface area contributed by atoms with Gasteiger partial charge in [0.25, 0.3) is 0 Å². The summed E-state index contributed by atoms with van der Waals surface area (Å²) in [4.78, 5) is 0. The third kappa shape index (κ3) is 3.80. The van der Waals surface area contributed by atoms with Crippen molar-refractivity contribution in [3.63, 3.8) is 0 Å². The fourth-order valence-electron chi connectivity index (χ4n) is 1.86. The van der Waals surface area contributed by atoms with Crippen LogP contribution in [0.2, 0.25) is 0 Å². The van der Waals surface area contributed by atoms with Crippen LogP contribution in [-0.4, -0.2) is 26.3 Å². The van der Waals surface area contributed by atoms with Crippen LogP contribution in [0.25, 0.3) is 0 Å². The van der Waals surface area contributed by atoms with E-state index in [0.29, 0.717) is 6.54 Å². The molecule has 0 fully saturated rings. The lowest BCUT2D eigenvalue weighted by Crippen LogP contribution is -2.34. The molecule has 2 atom stereocenters. The predicted octanol–water partition coefficient (Wildman–Crippen LogP) is 1.93. The summed E-state index contributed by atoms with van der Waals surface area (Å²) in [7, 11) is 1.72. The molecule has 3 heteroatoms. The van der Waals surface area contributed by atoms with Gasteiger partial charge < -0.3 is 15.8 Å². The van der Waals surface area contributed by atoms with Gasteiger partial charge in [-0.25, -0.2) is 0 Å². The lowest BCUT2D eigenvalue weighted by molar-refractivity contribution is 0.114. The first-order valence-electron chi connectivity index (χ1n) is 6.12. The van der Waals surface area contributed by atoms with Gasteiger partial charge in [0, 0.05) is 26.2 Å². The lowest BCUT2D eigenvalue weighted by Gasteiger charge is -2.22. The van der Waals surface area contributed by atoms with Crippen molar-refractivity contribution in [2.75, 3.05) is 20.2 Å². The molecule has 17 heavy (non-hydrogen) atoms. The van der Waals surface area contributed by atoms with Crippen molar-refractivity contribution in [1.29, 1.82) is 0 Å². The van der Waals surface area contributed by atoms with Crippen molar-refractivity contribution >= 4 is 0 Å². The lowest BCUT2D eigenvalue weighted by atomic mass is 9.97. The molecule has 1 aromatic carbocycles. The van der Waals surface area contributed by atoms with Crippen molar-refractivity contribution in [2.45, 2.75) is 32.9 Å². The minimum absolute atomic E-state index is 0.201. The Kier molecular flexibility index (Phi) is 5.62. The van der Waals surface area contributed by atoms with Crippen LogP contribution in [0, 0.1) is 13.8 Å². The van der Waals surface area contributed by atoms with E-state index >= 15 is 0 Å². The number of hydrogen-bond donors (Lipinski definition) is 2. The fourth-order valence-corrected chi connectivity index (χ4v) is 1.86. The van der Waals surface area contributed by atoms with E-state index < -0.39 is 0 Å². The number of rotatable bonds is 6. The highest BCUT2D eigenvalue weighted by Gasteiger charge is 2.13. The molecule has 0 aromatic heterocycles. The van der Waals surface area contributed by atoms with Crippen molar-refractivity contribution in [3.05, 3.63) is 34.9 Å². The van der Waals surface area contributed by atoms with E-state index in [0.717, 1.165) is 6.54 Å². The molecule has 0 saturated carbocycles. The summed E-state index contributed by atoms with van der Waals surface area (Å²) in [5.41, 5.74) is 9.76. The first kappa shape index (κ1) is 14.2. The van der Waals surface area contributed by atoms with Crippen LogP contribution in [0.1, 0.15) is 29.7 Å². The third-order valence-electron chi connectivity index (χ3n) is 3.31. The number of benzene rings is 1. The number of methoxy groups -OCH3 is 1. The molecule has 3 nitrogen and oxygen atoms in total. The quantitative estimate of drug-likeness (QED) is 0.793. The average Bonchev–Trinajstić information content (AvgIpc) is 2.34. The van der Waals surface area contributed by atoms with Gasteiger partial charge in [-0.2, -0.15) is 0 Å². The Balaban J connectivity index is 2.76. The van der Waals surface area contributed by atoms with E-state index in [2.05, 4.69) is 37.4 Å². The van der Waals surface area contributed by atoms with E-state index in [1.165, 1.54) is 16.7 Å². The van der Waals surface area contributed by atoms with E-state index in [9.17, 15) is 0 Å². The van der Waals surface area contributed by atoms with Crippen LogP contribution in [0.3, 0.4) is 0 Å². The first-order chi connectivity index (χ1) is 8.10. The van der Waals surface area contributed by atoms with Gasteiger partial charge >= 0.3 is 0 Å². The van der Waals surface area contributed by atoms with Crippen molar-refractivity contribution < 1.29 is 4.74 Å². The minimum atomic E-state index is 0.201. The summed E-state index contributed by atoms with van der Waals surface area (Å²) in [5, 5.41) is 3.45. The summed E-state index contributed by atoms with van der Waals surface area (Å²) in [6.45, 7) is 7.73. The molecule has 0 bridgehead atoms. The van der Waals surface area contributed by atoms with Crippen LogP contribution < -0.4 is 11.1 Å². The highest BCUT2D eigenvalue weighted by atomic mass is 16.5. The zero-order chi connectivity index (χ0) is 12.8. The average molecular weight is 236 g/mol. The maximum absolute atomic E-state index is 5.85. The standard InChI is InChI=1S/C14H24N2O/c1-10-6-5-7-13(12(10)3)14(8-15)16-9-11(2)17-4/h5-7,11,14,16H,8-9,15H2,1-4H3. The maximum atomic E-state index is 5.85. The third-order valence-corrected chi connectivity index (χ3v) is 3.31. The highest BCUT2D eigenvalue weighted by molar-refractivity contribution is 5.35. The fraction of sp³-hybridized carbons (Fsp3) is 0.571. The zero-order valence-corrected chi connectivity index (χ0v) is 11.3. The van der Waals surface area contributed by atoms with Crippen LogP contribution in [-0.2, 0) is 4.74 Å². The Labute approximate surface area is 104 Å². The van der Waals surface area contributed by atoms with Gasteiger partial charge in [-0.15, -0.1) is 0 Å². The molecule has 0 radical (unpaired) electrons. The molecule has 1 rings (SSSR count). The molecular formula is C14H24N2O. The monoisotopic (exact) mass is 236 g/mol. The number of ether oxygens (including phenoxy) is 1. The molecule has 2 unspecified atom stereocenters. The van der Waals surface area contributed by atoms with Gasteiger partial charge in [0.1, 0.15) is 0 Å². The number of hydrogen-bond acceptors (Lipinski definition) is 3. The smallest absolute Gasteiger partial charge is 0.0667 e. The second-order valence-corrected chi connectivity index (χ2v) is 4.53. The van der Waals surface area contributed by atoms with Gasteiger partial charge in [0.05, 0.1) is 6.10 Å². The van der Waals surface area contributed by atoms with E-state index in [-0.39, 0.29) is 12.1 Å². The number of nitrogens with one attached hydrogen (secondary N) is 1. The molecule has 0 aliphatic rings. The molecule has 0 amide bonds. The molecule has 0 aliphatic carbocycles. The Morgan fingerprint density at radius 2 is 2.06 bits per heavy atom. The van der Waals surface area contributed by atoms with Gasteiger partial charge in [-0.1, -0.05) is 18.2 Å². The van der Waals surface area contributed by atoms with E-state index in [1.807, 2.05) is 6.92 Å². The van der Waals surface area contributed by atoms with E-state index in [4.69, 9.17) is 10.5 Å². The summed E-state index contributed by atoms with van der Waals surface area (Å²) in [5.74, 6) is 0. The Morgan fingerprint density at radius 3 is 2.65 bits per heavy atom. The molecule has 96 valence electrons. The van der Waals surface area contributed by atoms with Gasteiger partial charge in [-0.3, -0.25) is 0 Å². The highest BCUT2D eigenvalue weighted by Crippen LogP contribution is 2.19. The zero-order valence-electron chi connectivity index (χ0n) is 11.3. The van der Waals surface area contributed by atoms with Crippen LogP contribution in [0.5, 0.6) is 0 Å². The van der Waals surface area contributed by atoms with Gasteiger partial charge in [0.15, 0.2) is 0 Å². The number of nitrogens with two attached hydrogens (primary N) is 1. The number of aryl methyl sites for hydroxylation is 1. The molecule has 0 saturated heterocycles. The van der Waals surface area contributed by atoms with Crippen LogP contribution in [0.4, 0.5) is 0 Å². The summed E-state index contributed by atoms with van der Waals surface area (Å²) < 4.78 is 5.23. The molecule has 0 aliphatic heterocycles. The Bertz CT molecular complexity index is 352. The molecule has 3 N–H and O–H groups in total. The van der Waals surface area contributed by atoms with Crippen LogP contribution >= 0.6 is 0 Å². The SMILES string of the molecule is COC(C)CNC(CN)c1cccc(C)c1C. The normalized spacial score (nSPS) is 14.6. The Morgan fingerprint density at radius 1 is 1.35 bits per heavy atom. The second-order valence-electron chi connectivity index (χ2n) is 4.53. The first-order valence-corrected chi connectivity index (χ1v) is 6.12.